The Balaban J connectivity index is 2.25. The Morgan fingerprint density at radius 2 is 1.82 bits per heavy atom. The second-order valence-corrected chi connectivity index (χ2v) is 4.54. The van der Waals surface area contributed by atoms with Crippen molar-refractivity contribution < 1.29 is 28.9 Å². The van der Waals surface area contributed by atoms with E-state index in [-0.39, 0.29) is 18.9 Å². The third-order valence-corrected chi connectivity index (χ3v) is 2.84. The van der Waals surface area contributed by atoms with Crippen LogP contribution in [0.2, 0.25) is 0 Å². The predicted octanol–water partition coefficient (Wildman–Crippen LogP) is 1.07. The van der Waals surface area contributed by atoms with E-state index in [2.05, 4.69) is 5.32 Å². The van der Waals surface area contributed by atoms with E-state index < -0.39 is 12.0 Å². The number of benzene rings is 1. The van der Waals surface area contributed by atoms with E-state index in [1.165, 1.54) is 7.11 Å². The van der Waals surface area contributed by atoms with Gasteiger partial charge in [0.1, 0.15) is 11.5 Å². The van der Waals surface area contributed by atoms with Crippen LogP contribution >= 0.6 is 0 Å². The van der Waals surface area contributed by atoms with Crippen LogP contribution in [0.4, 0.5) is 0 Å². The Morgan fingerprint density at radius 3 is 2.36 bits per heavy atom. The Kier molecular flexibility index (Phi) is 7.77. The van der Waals surface area contributed by atoms with Crippen LogP contribution in [0.3, 0.4) is 0 Å². The van der Waals surface area contributed by atoms with Crippen LogP contribution in [0.1, 0.15) is 12.8 Å². The molecular formula is C15H21NO6. The lowest BCUT2D eigenvalue weighted by Gasteiger charge is -2.13. The summed E-state index contributed by atoms with van der Waals surface area (Å²) in [6.45, 7) is 0.297. The molecule has 0 bridgehead atoms. The van der Waals surface area contributed by atoms with E-state index in [0.717, 1.165) is 5.75 Å². The zero-order chi connectivity index (χ0) is 16.4. The molecule has 7 nitrogen and oxygen atoms in total. The number of nitrogens with one attached hydrogen (secondary N) is 1. The van der Waals surface area contributed by atoms with Crippen LogP contribution in [-0.4, -0.2) is 50.5 Å². The Bertz CT molecular complexity index is 473. The highest BCUT2D eigenvalue weighted by Gasteiger charge is 2.19. The molecule has 1 rings (SSSR count). The number of hydrogen-bond donors (Lipinski definition) is 2. The number of methoxy groups -OCH3 is 2. The Labute approximate surface area is 129 Å². The molecule has 0 radical (unpaired) electrons. The van der Waals surface area contributed by atoms with Crippen LogP contribution < -0.4 is 14.8 Å². The quantitative estimate of drug-likeness (QED) is 0.628. The molecule has 0 aliphatic rings. The van der Waals surface area contributed by atoms with Crippen LogP contribution in [-0.2, 0) is 14.3 Å². The number of ether oxygens (including phenoxy) is 3. The fraction of sp³-hybridized carbons (Fsp3) is 0.467. The van der Waals surface area contributed by atoms with Crippen molar-refractivity contribution in [3.63, 3.8) is 0 Å². The maximum atomic E-state index is 11.6. The van der Waals surface area contributed by atoms with Gasteiger partial charge in [0.15, 0.2) is 6.04 Å². The Hall–Kier alpha value is -2.28. The maximum absolute atomic E-state index is 11.6. The number of hydrogen-bond acceptors (Lipinski definition) is 5. The van der Waals surface area contributed by atoms with E-state index in [1.807, 2.05) is 0 Å². The van der Waals surface area contributed by atoms with Crippen molar-refractivity contribution in [3.8, 4) is 11.5 Å². The van der Waals surface area contributed by atoms with Gasteiger partial charge in [-0.1, -0.05) is 0 Å². The summed E-state index contributed by atoms with van der Waals surface area (Å²) >= 11 is 0. The molecule has 0 aliphatic carbocycles. The lowest BCUT2D eigenvalue weighted by atomic mass is 10.2. The molecule has 122 valence electrons. The number of carbonyl (C=O) groups excluding carboxylic acids is 1. The van der Waals surface area contributed by atoms with Gasteiger partial charge in [0.25, 0.3) is 0 Å². The number of amides is 1. The number of carboxylic acids is 1. The largest absolute Gasteiger partial charge is 0.497 e. The van der Waals surface area contributed by atoms with Gasteiger partial charge in [0.2, 0.25) is 5.91 Å². The SMILES string of the molecule is COCC(NC(=O)CCCOc1ccc(OC)cc1)C(=O)O. The van der Waals surface area contributed by atoms with Gasteiger partial charge in [-0.05, 0) is 30.7 Å². The first kappa shape index (κ1) is 17.8. The standard InChI is InChI=1S/C15H21NO6/c1-20-10-13(15(18)19)16-14(17)4-3-9-22-12-7-5-11(21-2)6-8-12/h5-8,13H,3-4,9-10H2,1-2H3,(H,16,17)(H,18,19). The van der Waals surface area contributed by atoms with Crippen molar-refractivity contribution in [2.45, 2.75) is 18.9 Å². The molecule has 0 spiro atoms. The van der Waals surface area contributed by atoms with Gasteiger partial charge >= 0.3 is 5.97 Å². The first-order valence-electron chi connectivity index (χ1n) is 6.84. The third kappa shape index (κ3) is 6.45. The monoisotopic (exact) mass is 311 g/mol. The topological polar surface area (TPSA) is 94.1 Å². The maximum Gasteiger partial charge on any atom is 0.328 e. The molecule has 2 N–H and O–H groups in total. The fourth-order valence-electron chi connectivity index (χ4n) is 1.70. The molecule has 0 fully saturated rings. The number of carbonyl (C=O) groups is 2. The number of carboxylic acid groups (broad SMARTS) is 1. The minimum Gasteiger partial charge on any atom is -0.497 e. The molecule has 0 saturated heterocycles. The van der Waals surface area contributed by atoms with Gasteiger partial charge in [-0.2, -0.15) is 0 Å². The number of rotatable bonds is 10. The molecular weight excluding hydrogens is 290 g/mol. The van der Waals surface area contributed by atoms with E-state index in [0.29, 0.717) is 18.8 Å². The van der Waals surface area contributed by atoms with Crippen molar-refractivity contribution in [2.75, 3.05) is 27.4 Å². The van der Waals surface area contributed by atoms with Crippen LogP contribution in [0.15, 0.2) is 24.3 Å². The zero-order valence-electron chi connectivity index (χ0n) is 12.7. The van der Waals surface area contributed by atoms with Crippen molar-refractivity contribution in [1.29, 1.82) is 0 Å². The van der Waals surface area contributed by atoms with Crippen LogP contribution in [0.25, 0.3) is 0 Å². The number of aliphatic carboxylic acids is 1. The summed E-state index contributed by atoms with van der Waals surface area (Å²) in [7, 11) is 2.97. The van der Waals surface area contributed by atoms with Crippen LogP contribution in [0.5, 0.6) is 11.5 Å². The summed E-state index contributed by atoms with van der Waals surface area (Å²) < 4.78 is 15.3. The van der Waals surface area contributed by atoms with Crippen molar-refractivity contribution in [1.82, 2.24) is 5.32 Å². The first-order chi connectivity index (χ1) is 10.6. The van der Waals surface area contributed by atoms with Crippen molar-refractivity contribution in [3.05, 3.63) is 24.3 Å². The van der Waals surface area contributed by atoms with Crippen molar-refractivity contribution >= 4 is 11.9 Å². The minimum absolute atomic E-state index is 0.0661. The molecule has 1 atom stereocenters. The highest BCUT2D eigenvalue weighted by atomic mass is 16.5. The summed E-state index contributed by atoms with van der Waals surface area (Å²) in [4.78, 5) is 22.5. The fourth-order valence-corrected chi connectivity index (χ4v) is 1.70. The van der Waals surface area contributed by atoms with E-state index >= 15 is 0 Å². The second-order valence-electron chi connectivity index (χ2n) is 4.54. The molecule has 0 saturated carbocycles. The second kappa shape index (κ2) is 9.62. The van der Waals surface area contributed by atoms with Crippen molar-refractivity contribution in [2.24, 2.45) is 0 Å². The molecule has 1 aromatic rings. The molecule has 0 aromatic heterocycles. The lowest BCUT2D eigenvalue weighted by molar-refractivity contribution is -0.143. The van der Waals surface area contributed by atoms with E-state index in [4.69, 9.17) is 19.3 Å². The first-order valence-corrected chi connectivity index (χ1v) is 6.84. The normalized spacial score (nSPS) is 11.5. The van der Waals surface area contributed by atoms with Gasteiger partial charge < -0.3 is 24.6 Å². The van der Waals surface area contributed by atoms with Gasteiger partial charge in [-0.15, -0.1) is 0 Å². The van der Waals surface area contributed by atoms with E-state index in [1.54, 1.807) is 31.4 Å². The molecule has 1 aromatic carbocycles. The van der Waals surface area contributed by atoms with Gasteiger partial charge in [0.05, 0.1) is 20.3 Å². The van der Waals surface area contributed by atoms with Gasteiger partial charge in [-0.25, -0.2) is 4.79 Å². The average Bonchev–Trinajstić information content (AvgIpc) is 2.51. The molecule has 1 unspecified atom stereocenters. The predicted molar refractivity (Wildman–Crippen MR) is 79.2 cm³/mol. The highest BCUT2D eigenvalue weighted by molar-refractivity contribution is 5.83. The highest BCUT2D eigenvalue weighted by Crippen LogP contribution is 2.17. The lowest BCUT2D eigenvalue weighted by Crippen LogP contribution is -2.43. The molecule has 1 amide bonds. The summed E-state index contributed by atoms with van der Waals surface area (Å²) in [6.07, 6.45) is 0.667. The molecule has 0 heterocycles. The average molecular weight is 311 g/mol. The minimum atomic E-state index is -1.12. The van der Waals surface area contributed by atoms with E-state index in [9.17, 15) is 9.59 Å². The molecule has 0 aliphatic heterocycles. The summed E-state index contributed by atoms with van der Waals surface area (Å²) in [5, 5.41) is 11.3. The summed E-state index contributed by atoms with van der Waals surface area (Å²) in [5.74, 6) is -0.0407. The summed E-state index contributed by atoms with van der Waals surface area (Å²) in [5.41, 5.74) is 0. The Morgan fingerprint density at radius 1 is 1.18 bits per heavy atom. The molecule has 22 heavy (non-hydrogen) atoms. The van der Waals surface area contributed by atoms with Crippen LogP contribution in [0, 0.1) is 0 Å². The smallest absolute Gasteiger partial charge is 0.328 e. The summed E-state index contributed by atoms with van der Waals surface area (Å²) in [6, 6.07) is 6.09. The zero-order valence-corrected chi connectivity index (χ0v) is 12.7. The van der Waals surface area contributed by atoms with Gasteiger partial charge in [0, 0.05) is 13.5 Å². The van der Waals surface area contributed by atoms with Gasteiger partial charge in [-0.3, -0.25) is 4.79 Å². The third-order valence-electron chi connectivity index (χ3n) is 2.84. The molecule has 7 heteroatoms.